The maximum Gasteiger partial charge on any atom is 0.330 e. The van der Waals surface area contributed by atoms with Gasteiger partial charge in [-0.15, -0.1) is 0 Å². The molecule has 0 unspecified atom stereocenters. The molecule has 2 fully saturated rings. The number of carbonyl (C=O) groups is 1. The topological polar surface area (TPSA) is 314 Å². The molecule has 58 heavy (non-hydrogen) atoms. The normalized spacial score (nSPS) is 27.4. The Hall–Kier alpha value is -5.68. The van der Waals surface area contributed by atoms with E-state index in [1.54, 1.807) is 0 Å². The Morgan fingerprint density at radius 1 is 0.776 bits per heavy atom. The van der Waals surface area contributed by atoms with Crippen LogP contribution < -0.4 is 19.6 Å². The van der Waals surface area contributed by atoms with Crippen LogP contribution in [0.2, 0.25) is 0 Å². The second-order valence-corrected chi connectivity index (χ2v) is 13.2. The molecule has 6 rings (SSSR count). The quantitative estimate of drug-likeness (QED) is 0.0640. The number of aliphatic hydroxyl groups excluding tert-OH is 6. The summed E-state index contributed by atoms with van der Waals surface area (Å²) in [5.74, 6) is -3.44. The third-order valence-electron chi connectivity index (χ3n) is 9.37. The Bertz CT molecular complexity index is 2160. The van der Waals surface area contributed by atoms with E-state index < -0.39 is 109 Å². The highest BCUT2D eigenvalue weighted by molar-refractivity contribution is 5.88. The summed E-state index contributed by atoms with van der Waals surface area (Å²) >= 11 is 0. The van der Waals surface area contributed by atoms with E-state index in [4.69, 9.17) is 37.6 Å². The number of rotatable bonds is 12. The fraction of sp³-hybridized carbons (Fsp3) is 0.368. The number of methoxy groups -OCH3 is 2. The lowest BCUT2D eigenvalue weighted by atomic mass is 9.97. The first-order chi connectivity index (χ1) is 27.6. The van der Waals surface area contributed by atoms with E-state index in [2.05, 4.69) is 0 Å². The van der Waals surface area contributed by atoms with Crippen molar-refractivity contribution in [3.63, 3.8) is 0 Å². The summed E-state index contributed by atoms with van der Waals surface area (Å²) in [6, 6.07) is 9.91. The van der Waals surface area contributed by atoms with Crippen molar-refractivity contribution < 1.29 is 93.4 Å². The van der Waals surface area contributed by atoms with Gasteiger partial charge in [0, 0.05) is 23.8 Å². The smallest absolute Gasteiger partial charge is 0.330 e. The average Bonchev–Trinajstić information content (AvgIpc) is 3.20. The molecule has 10 atom stereocenters. The van der Waals surface area contributed by atoms with Crippen LogP contribution in [0.4, 0.5) is 0 Å². The monoisotopic (exact) mass is 816 g/mol. The van der Waals surface area contributed by atoms with Crippen LogP contribution in [0, 0.1) is 0 Å². The minimum Gasteiger partial charge on any atom is -0.508 e. The van der Waals surface area contributed by atoms with E-state index in [-0.39, 0.29) is 39.9 Å². The van der Waals surface area contributed by atoms with E-state index in [0.717, 1.165) is 18.2 Å². The maximum absolute atomic E-state index is 14.0. The number of hydrogen-bond acceptors (Lipinski definition) is 20. The number of fused-ring (bicyclic) bond motifs is 1. The van der Waals surface area contributed by atoms with Crippen molar-refractivity contribution in [1.82, 2.24) is 0 Å². The zero-order chi connectivity index (χ0) is 42.0. The molecule has 20 nitrogen and oxygen atoms in total. The lowest BCUT2D eigenvalue weighted by Gasteiger charge is -2.45. The number of aliphatic hydroxyl groups is 6. The van der Waals surface area contributed by atoms with Gasteiger partial charge in [0.1, 0.15) is 77.6 Å². The highest BCUT2D eigenvalue weighted by atomic mass is 16.8. The summed E-state index contributed by atoms with van der Waals surface area (Å²) in [6.45, 7) is -1.60. The minimum absolute atomic E-state index is 0.0594. The first kappa shape index (κ1) is 41.9. The molecule has 312 valence electrons. The molecule has 0 spiro atoms. The Balaban J connectivity index is 1.26. The number of aromatic hydroxyl groups is 4. The van der Waals surface area contributed by atoms with Crippen molar-refractivity contribution in [2.45, 2.75) is 61.4 Å². The number of phenolic OH excluding ortho intramolecular Hbond substituents is 4. The van der Waals surface area contributed by atoms with E-state index in [0.29, 0.717) is 5.56 Å². The number of benzene rings is 3. The van der Waals surface area contributed by atoms with Gasteiger partial charge in [0.05, 0.1) is 20.8 Å². The van der Waals surface area contributed by atoms with Crippen LogP contribution in [0.15, 0.2) is 63.8 Å². The SMILES string of the molecule is COc1cc(/C=C/C(=O)OC[C@H]2O[C@@H](O[C@H]3[C@H](Oc4c(-c5ccc(O)cc5)oc5cc(O)cc(O)c5c4=O)O[C@H](CO)[C@H](O)[C@@H]3O)[C@H](O)[C@@H](O)[C@@H]2O)cc(OC)c1O. The molecule has 0 aliphatic carbocycles. The summed E-state index contributed by atoms with van der Waals surface area (Å²) in [5.41, 5.74) is -0.821. The molecule has 2 saturated heterocycles. The Morgan fingerprint density at radius 3 is 2.05 bits per heavy atom. The molecule has 3 aromatic carbocycles. The first-order valence-electron chi connectivity index (χ1n) is 17.4. The zero-order valence-electron chi connectivity index (χ0n) is 30.5. The second-order valence-electron chi connectivity index (χ2n) is 13.2. The van der Waals surface area contributed by atoms with Crippen LogP contribution in [0.25, 0.3) is 28.4 Å². The van der Waals surface area contributed by atoms with Crippen LogP contribution in [0.5, 0.6) is 40.2 Å². The molecule has 0 amide bonds. The number of carbonyl (C=O) groups excluding carboxylic acids is 1. The summed E-state index contributed by atoms with van der Waals surface area (Å²) in [4.78, 5) is 26.6. The van der Waals surface area contributed by atoms with Gasteiger partial charge in [-0.25, -0.2) is 4.79 Å². The van der Waals surface area contributed by atoms with Gasteiger partial charge >= 0.3 is 5.97 Å². The minimum atomic E-state index is -2.05. The standard InChI is InChI=1S/C38H40O20/c1-51-21-9-15(10-22(52-2)27(21)44)3-8-25(43)53-14-24-29(46)31(48)33(50)37(56-24)58-36-32(49)28(45)23(13-39)55-38(36)57-35-30(47)26-19(42)11-18(41)12-20(26)54-34(35)16-4-6-17(40)7-5-16/h3-12,23-24,28-29,31-33,36-42,44-46,48-50H,13-14H2,1-2H3/b8-3+/t23-,24-,28+,29-,31+,32+,33-,36-,37+,38+/m1/s1. The summed E-state index contributed by atoms with van der Waals surface area (Å²) in [6.07, 6.45) is -16.5. The van der Waals surface area contributed by atoms with Gasteiger partial charge in [-0.05, 0) is 48.0 Å². The molecule has 3 heterocycles. The number of phenols is 4. The Labute approximate surface area is 327 Å². The molecular weight excluding hydrogens is 776 g/mol. The fourth-order valence-electron chi connectivity index (χ4n) is 6.30. The van der Waals surface area contributed by atoms with Crippen molar-refractivity contribution >= 4 is 23.0 Å². The van der Waals surface area contributed by atoms with Crippen molar-refractivity contribution in [3.8, 4) is 51.6 Å². The van der Waals surface area contributed by atoms with Crippen LogP contribution in [-0.2, 0) is 23.7 Å². The molecule has 2 aliphatic heterocycles. The highest BCUT2D eigenvalue weighted by Gasteiger charge is 2.52. The Kier molecular flexibility index (Phi) is 12.6. The van der Waals surface area contributed by atoms with Gasteiger partial charge in [-0.3, -0.25) is 4.79 Å². The molecule has 0 saturated carbocycles. The average molecular weight is 817 g/mol. The largest absolute Gasteiger partial charge is 0.508 e. The van der Waals surface area contributed by atoms with Gasteiger partial charge < -0.3 is 88.6 Å². The lowest BCUT2D eigenvalue weighted by molar-refractivity contribution is -0.358. The predicted molar refractivity (Wildman–Crippen MR) is 194 cm³/mol. The van der Waals surface area contributed by atoms with Crippen molar-refractivity contribution in [3.05, 3.63) is 70.4 Å². The summed E-state index contributed by atoms with van der Waals surface area (Å²) in [5, 5.41) is 104. The number of ether oxygens (including phenoxy) is 7. The van der Waals surface area contributed by atoms with Crippen molar-refractivity contribution in [2.24, 2.45) is 0 Å². The molecule has 0 bridgehead atoms. The number of hydrogen-bond donors (Lipinski definition) is 10. The molecule has 4 aromatic rings. The molecular formula is C38H40O20. The molecule has 10 N–H and O–H groups in total. The predicted octanol–water partition coefficient (Wildman–Crippen LogP) is -0.433. The van der Waals surface area contributed by atoms with Gasteiger partial charge in [0.15, 0.2) is 29.7 Å². The Morgan fingerprint density at radius 2 is 1.41 bits per heavy atom. The van der Waals surface area contributed by atoms with E-state index in [1.807, 2.05) is 0 Å². The van der Waals surface area contributed by atoms with Gasteiger partial charge in [0.25, 0.3) is 0 Å². The van der Waals surface area contributed by atoms with E-state index in [9.17, 15) is 60.7 Å². The van der Waals surface area contributed by atoms with E-state index >= 15 is 0 Å². The number of esters is 1. The van der Waals surface area contributed by atoms with Gasteiger partial charge in [-0.1, -0.05) is 0 Å². The zero-order valence-corrected chi connectivity index (χ0v) is 30.5. The van der Waals surface area contributed by atoms with Crippen LogP contribution >= 0.6 is 0 Å². The summed E-state index contributed by atoms with van der Waals surface area (Å²) in [7, 11) is 2.63. The third-order valence-corrected chi connectivity index (χ3v) is 9.37. The molecule has 20 heteroatoms. The van der Waals surface area contributed by atoms with Crippen LogP contribution in [0.1, 0.15) is 5.56 Å². The summed E-state index contributed by atoms with van der Waals surface area (Å²) < 4.78 is 44.4. The second kappa shape index (κ2) is 17.4. The van der Waals surface area contributed by atoms with Crippen molar-refractivity contribution in [1.29, 1.82) is 0 Å². The third kappa shape index (κ3) is 8.45. The van der Waals surface area contributed by atoms with Crippen LogP contribution in [-0.4, -0.2) is 146 Å². The maximum atomic E-state index is 14.0. The van der Waals surface area contributed by atoms with Gasteiger partial charge in [0.2, 0.25) is 23.2 Å². The lowest BCUT2D eigenvalue weighted by Crippen LogP contribution is -2.65. The fourth-order valence-corrected chi connectivity index (χ4v) is 6.30. The van der Waals surface area contributed by atoms with Crippen LogP contribution in [0.3, 0.4) is 0 Å². The molecule has 2 aliphatic rings. The first-order valence-corrected chi connectivity index (χ1v) is 17.4. The van der Waals surface area contributed by atoms with Gasteiger partial charge in [-0.2, -0.15) is 0 Å². The molecule has 0 radical (unpaired) electrons. The van der Waals surface area contributed by atoms with Crippen molar-refractivity contribution in [2.75, 3.05) is 27.4 Å². The molecule has 1 aromatic heterocycles. The highest BCUT2D eigenvalue weighted by Crippen LogP contribution is 2.39. The van der Waals surface area contributed by atoms with E-state index in [1.165, 1.54) is 56.7 Å².